The summed E-state index contributed by atoms with van der Waals surface area (Å²) in [4.78, 5) is 26.6. The van der Waals surface area contributed by atoms with E-state index >= 15 is 0 Å². The van der Waals surface area contributed by atoms with Gasteiger partial charge in [0.2, 0.25) is 11.8 Å². The fourth-order valence-corrected chi connectivity index (χ4v) is 3.02. The van der Waals surface area contributed by atoms with Crippen LogP contribution in [0, 0.1) is 13.8 Å². The first-order chi connectivity index (χ1) is 12.3. The normalized spacial score (nSPS) is 11.9. The van der Waals surface area contributed by atoms with E-state index in [1.807, 2.05) is 32.0 Å². The molecule has 0 aromatic heterocycles. The van der Waals surface area contributed by atoms with Crippen molar-refractivity contribution in [3.05, 3.63) is 64.2 Å². The molecule has 0 unspecified atom stereocenters. The molecule has 0 aliphatic carbocycles. The Kier molecular flexibility index (Phi) is 6.77. The molecule has 0 aliphatic rings. The van der Waals surface area contributed by atoms with Gasteiger partial charge >= 0.3 is 0 Å². The highest BCUT2D eigenvalue weighted by Gasteiger charge is 2.26. The summed E-state index contributed by atoms with van der Waals surface area (Å²) in [6.07, 6.45) is 0. The van der Waals surface area contributed by atoms with Gasteiger partial charge < -0.3 is 10.6 Å². The average molecular weight is 374 g/mol. The number of carbonyl (C=O) groups is 2. The second kappa shape index (κ2) is 8.83. The quantitative estimate of drug-likeness (QED) is 0.816. The van der Waals surface area contributed by atoms with Crippen molar-refractivity contribution in [3.63, 3.8) is 0 Å². The maximum atomic E-state index is 12.5. The van der Waals surface area contributed by atoms with Crippen LogP contribution in [0.2, 0.25) is 5.02 Å². The Morgan fingerprint density at radius 3 is 2.19 bits per heavy atom. The van der Waals surface area contributed by atoms with Crippen LogP contribution in [-0.4, -0.2) is 37.4 Å². The summed E-state index contributed by atoms with van der Waals surface area (Å²) in [6, 6.07) is 12.3. The molecule has 2 aromatic carbocycles. The molecule has 2 amide bonds. The van der Waals surface area contributed by atoms with Crippen LogP contribution in [0.25, 0.3) is 0 Å². The van der Waals surface area contributed by atoms with Gasteiger partial charge in [0.25, 0.3) is 0 Å². The minimum absolute atomic E-state index is 0.0779. The number of para-hydroxylation sites is 1. The topological polar surface area (TPSA) is 61.4 Å². The molecular weight excluding hydrogens is 350 g/mol. The van der Waals surface area contributed by atoms with Crippen molar-refractivity contribution >= 4 is 29.1 Å². The van der Waals surface area contributed by atoms with Crippen molar-refractivity contribution in [2.75, 3.05) is 26.0 Å². The second-order valence-corrected chi connectivity index (χ2v) is 6.73. The van der Waals surface area contributed by atoms with Crippen molar-refractivity contribution in [2.24, 2.45) is 0 Å². The van der Waals surface area contributed by atoms with Crippen LogP contribution in [0.5, 0.6) is 0 Å². The van der Waals surface area contributed by atoms with Gasteiger partial charge in [-0.3, -0.25) is 14.5 Å². The molecule has 0 bridgehead atoms. The van der Waals surface area contributed by atoms with Gasteiger partial charge in [0.1, 0.15) is 6.04 Å². The first-order valence-electron chi connectivity index (χ1n) is 8.37. The van der Waals surface area contributed by atoms with E-state index in [2.05, 4.69) is 10.6 Å². The van der Waals surface area contributed by atoms with E-state index < -0.39 is 6.04 Å². The van der Waals surface area contributed by atoms with Crippen LogP contribution in [-0.2, 0) is 9.59 Å². The van der Waals surface area contributed by atoms with E-state index in [1.54, 1.807) is 43.3 Å². The Labute approximate surface area is 159 Å². The number of benzene rings is 2. The molecular formula is C20H24ClN3O2. The number of carbonyl (C=O) groups excluding carboxylic acids is 2. The first-order valence-corrected chi connectivity index (χ1v) is 8.74. The predicted octanol–water partition coefficient (Wildman–Crippen LogP) is 3.31. The molecule has 1 atom stereocenters. The monoisotopic (exact) mass is 373 g/mol. The van der Waals surface area contributed by atoms with E-state index in [9.17, 15) is 9.59 Å². The molecule has 26 heavy (non-hydrogen) atoms. The summed E-state index contributed by atoms with van der Waals surface area (Å²) < 4.78 is 0. The van der Waals surface area contributed by atoms with E-state index in [0.717, 1.165) is 22.4 Å². The number of hydrogen-bond acceptors (Lipinski definition) is 3. The zero-order chi connectivity index (χ0) is 19.3. The molecule has 2 rings (SSSR count). The molecule has 0 spiro atoms. The number of anilines is 1. The highest BCUT2D eigenvalue weighted by atomic mass is 35.5. The Morgan fingerprint density at radius 1 is 1.08 bits per heavy atom. The molecule has 0 heterocycles. The third-order valence-corrected chi connectivity index (χ3v) is 4.51. The molecule has 0 aliphatic heterocycles. The van der Waals surface area contributed by atoms with Crippen LogP contribution < -0.4 is 10.6 Å². The number of amides is 2. The number of aryl methyl sites for hydroxylation is 2. The van der Waals surface area contributed by atoms with Crippen molar-refractivity contribution in [3.8, 4) is 0 Å². The first kappa shape index (κ1) is 19.9. The van der Waals surface area contributed by atoms with E-state index in [1.165, 1.54) is 0 Å². The SMILES string of the molecule is CNC(=O)[C@@H](c1ccc(Cl)cc1)N(C)CC(=O)Nc1c(C)cccc1C. The number of halogens is 1. The Hall–Kier alpha value is -2.37. The Balaban J connectivity index is 2.16. The third kappa shape index (κ3) is 4.84. The summed E-state index contributed by atoms with van der Waals surface area (Å²) >= 11 is 5.94. The van der Waals surface area contributed by atoms with Crippen LogP contribution in [0.15, 0.2) is 42.5 Å². The van der Waals surface area contributed by atoms with Crippen molar-refractivity contribution in [2.45, 2.75) is 19.9 Å². The predicted molar refractivity (Wildman–Crippen MR) is 105 cm³/mol. The molecule has 6 heteroatoms. The number of nitrogens with zero attached hydrogens (tertiary/aromatic N) is 1. The standard InChI is InChI=1S/C20H24ClN3O2/c1-13-6-5-7-14(2)18(13)23-17(25)12-24(4)19(20(26)22-3)15-8-10-16(21)11-9-15/h5-11,19H,12H2,1-4H3,(H,22,26)(H,23,25)/t19-/m1/s1. The molecule has 0 saturated carbocycles. The summed E-state index contributed by atoms with van der Waals surface area (Å²) in [7, 11) is 3.33. The lowest BCUT2D eigenvalue weighted by Crippen LogP contribution is -2.41. The minimum Gasteiger partial charge on any atom is -0.358 e. The largest absolute Gasteiger partial charge is 0.358 e. The van der Waals surface area contributed by atoms with Gasteiger partial charge in [0.05, 0.1) is 6.54 Å². The minimum atomic E-state index is -0.582. The molecule has 2 N–H and O–H groups in total. The van der Waals surface area contributed by atoms with Crippen molar-refractivity contribution < 1.29 is 9.59 Å². The molecule has 2 aromatic rings. The highest BCUT2D eigenvalue weighted by molar-refractivity contribution is 6.30. The number of hydrogen-bond donors (Lipinski definition) is 2. The Morgan fingerprint density at radius 2 is 1.65 bits per heavy atom. The number of rotatable bonds is 6. The molecule has 0 radical (unpaired) electrons. The summed E-state index contributed by atoms with van der Waals surface area (Å²) in [5, 5.41) is 6.20. The van der Waals surface area contributed by atoms with Gasteiger partial charge in [0.15, 0.2) is 0 Å². The van der Waals surface area contributed by atoms with Gasteiger partial charge in [-0.15, -0.1) is 0 Å². The van der Waals surface area contributed by atoms with Crippen LogP contribution in [0.1, 0.15) is 22.7 Å². The number of likely N-dealkylation sites (N-methyl/N-ethyl adjacent to an activating group) is 2. The Bertz CT molecular complexity index is 770. The lowest BCUT2D eigenvalue weighted by Gasteiger charge is -2.26. The highest BCUT2D eigenvalue weighted by Crippen LogP contribution is 2.23. The maximum absolute atomic E-state index is 12.5. The van der Waals surface area contributed by atoms with Gasteiger partial charge in [-0.2, -0.15) is 0 Å². The zero-order valence-corrected chi connectivity index (χ0v) is 16.2. The fourth-order valence-electron chi connectivity index (χ4n) is 2.90. The van der Waals surface area contributed by atoms with Gasteiger partial charge in [-0.1, -0.05) is 41.9 Å². The van der Waals surface area contributed by atoms with E-state index in [4.69, 9.17) is 11.6 Å². The third-order valence-electron chi connectivity index (χ3n) is 4.26. The van der Waals surface area contributed by atoms with Crippen molar-refractivity contribution in [1.29, 1.82) is 0 Å². The fraction of sp³-hybridized carbons (Fsp3) is 0.300. The maximum Gasteiger partial charge on any atom is 0.241 e. The molecule has 0 fully saturated rings. The summed E-state index contributed by atoms with van der Waals surface area (Å²) in [6.45, 7) is 3.98. The van der Waals surface area contributed by atoms with Crippen LogP contribution >= 0.6 is 11.6 Å². The summed E-state index contributed by atoms with van der Waals surface area (Å²) in [5.74, 6) is -0.359. The van der Waals surface area contributed by atoms with Gasteiger partial charge in [-0.25, -0.2) is 0 Å². The second-order valence-electron chi connectivity index (χ2n) is 6.30. The van der Waals surface area contributed by atoms with Crippen LogP contribution in [0.3, 0.4) is 0 Å². The molecule has 5 nitrogen and oxygen atoms in total. The van der Waals surface area contributed by atoms with Crippen molar-refractivity contribution in [1.82, 2.24) is 10.2 Å². The average Bonchev–Trinajstić information content (AvgIpc) is 2.60. The van der Waals surface area contributed by atoms with Gasteiger partial charge in [0, 0.05) is 17.8 Å². The lowest BCUT2D eigenvalue weighted by molar-refractivity contribution is -0.126. The van der Waals surface area contributed by atoms with E-state index in [-0.39, 0.29) is 18.4 Å². The lowest BCUT2D eigenvalue weighted by atomic mass is 10.0. The molecule has 0 saturated heterocycles. The zero-order valence-electron chi connectivity index (χ0n) is 15.5. The van der Waals surface area contributed by atoms with E-state index in [0.29, 0.717) is 5.02 Å². The molecule has 138 valence electrons. The van der Waals surface area contributed by atoms with Gasteiger partial charge in [-0.05, 0) is 49.7 Å². The summed E-state index contributed by atoms with van der Waals surface area (Å²) in [5.41, 5.74) is 3.59. The van der Waals surface area contributed by atoms with Crippen LogP contribution in [0.4, 0.5) is 5.69 Å². The smallest absolute Gasteiger partial charge is 0.241 e. The number of nitrogens with one attached hydrogen (secondary N) is 2.